The summed E-state index contributed by atoms with van der Waals surface area (Å²) in [5, 5.41) is 0. The average molecular weight is 284 g/mol. The largest absolute Gasteiger partial charge is 0.454 e. The van der Waals surface area contributed by atoms with Crippen LogP contribution in [0.15, 0.2) is 36.4 Å². The molecule has 2 aromatic rings. The molecule has 3 heteroatoms. The lowest BCUT2D eigenvalue weighted by Gasteiger charge is -2.17. The van der Waals surface area contributed by atoms with Gasteiger partial charge in [-0.25, -0.2) is 4.39 Å². The molecular weight excluding hydrogens is 267 g/mol. The van der Waals surface area contributed by atoms with Crippen LogP contribution >= 0.6 is 0 Å². The minimum Gasteiger partial charge on any atom is -0.454 e. The molecule has 0 amide bonds. The van der Waals surface area contributed by atoms with E-state index in [9.17, 15) is 9.18 Å². The Morgan fingerprint density at radius 1 is 1.05 bits per heavy atom. The summed E-state index contributed by atoms with van der Waals surface area (Å²) in [5.74, 6) is 0.121. The predicted molar refractivity (Wildman–Crippen MR) is 79.6 cm³/mol. The fraction of sp³-hybridized carbons (Fsp3) is 0.278. The first-order valence-electron chi connectivity index (χ1n) is 7.23. The number of aryl methyl sites for hydroxylation is 2. The van der Waals surface area contributed by atoms with Gasteiger partial charge in [-0.1, -0.05) is 6.07 Å². The van der Waals surface area contributed by atoms with Gasteiger partial charge < -0.3 is 4.74 Å². The number of ketones is 1. The summed E-state index contributed by atoms with van der Waals surface area (Å²) in [6.45, 7) is 1.42. The minimum absolute atomic E-state index is 0.149. The van der Waals surface area contributed by atoms with Gasteiger partial charge >= 0.3 is 0 Å². The van der Waals surface area contributed by atoms with E-state index in [1.165, 1.54) is 43.0 Å². The van der Waals surface area contributed by atoms with E-state index in [4.69, 9.17) is 4.74 Å². The molecule has 0 N–H and O–H groups in total. The molecule has 0 fully saturated rings. The van der Waals surface area contributed by atoms with Crippen LogP contribution < -0.4 is 4.74 Å². The van der Waals surface area contributed by atoms with E-state index in [-0.39, 0.29) is 11.5 Å². The van der Waals surface area contributed by atoms with Gasteiger partial charge in [0.15, 0.2) is 17.3 Å². The monoisotopic (exact) mass is 284 g/mol. The SMILES string of the molecule is CC(=O)c1ccc(Oc2ccc3c(c2)CCCC3)c(F)c1. The van der Waals surface area contributed by atoms with Gasteiger partial charge in [0.05, 0.1) is 0 Å². The molecule has 2 aromatic carbocycles. The van der Waals surface area contributed by atoms with Crippen molar-refractivity contribution >= 4 is 5.78 Å². The smallest absolute Gasteiger partial charge is 0.166 e. The highest BCUT2D eigenvalue weighted by molar-refractivity contribution is 5.94. The number of ether oxygens (including phenoxy) is 1. The molecular formula is C18H17FO2. The number of hydrogen-bond donors (Lipinski definition) is 0. The van der Waals surface area contributed by atoms with Gasteiger partial charge in [0, 0.05) is 5.56 Å². The molecule has 0 aromatic heterocycles. The van der Waals surface area contributed by atoms with Crippen molar-refractivity contribution in [2.75, 3.05) is 0 Å². The Morgan fingerprint density at radius 2 is 1.81 bits per heavy atom. The van der Waals surface area contributed by atoms with E-state index in [2.05, 4.69) is 6.07 Å². The molecule has 0 saturated heterocycles. The second-order valence-electron chi connectivity index (χ2n) is 5.44. The lowest BCUT2D eigenvalue weighted by Crippen LogP contribution is -2.02. The highest BCUT2D eigenvalue weighted by atomic mass is 19.1. The zero-order chi connectivity index (χ0) is 14.8. The third-order valence-electron chi connectivity index (χ3n) is 3.89. The number of carbonyl (C=O) groups is 1. The lowest BCUT2D eigenvalue weighted by atomic mass is 9.92. The van der Waals surface area contributed by atoms with Crippen LogP contribution in [0.5, 0.6) is 11.5 Å². The quantitative estimate of drug-likeness (QED) is 0.764. The Balaban J connectivity index is 1.85. The van der Waals surface area contributed by atoms with Crippen molar-refractivity contribution < 1.29 is 13.9 Å². The number of benzene rings is 2. The molecule has 0 bridgehead atoms. The summed E-state index contributed by atoms with van der Waals surface area (Å²) in [6, 6.07) is 10.2. The first kappa shape index (κ1) is 13.8. The molecule has 21 heavy (non-hydrogen) atoms. The molecule has 0 radical (unpaired) electrons. The lowest BCUT2D eigenvalue weighted by molar-refractivity contribution is 0.101. The molecule has 0 spiro atoms. The highest BCUT2D eigenvalue weighted by Gasteiger charge is 2.12. The van der Waals surface area contributed by atoms with Crippen LogP contribution in [0, 0.1) is 5.82 Å². The van der Waals surface area contributed by atoms with Crippen LogP contribution in [0.4, 0.5) is 4.39 Å². The number of fused-ring (bicyclic) bond motifs is 1. The molecule has 108 valence electrons. The molecule has 0 saturated carbocycles. The van der Waals surface area contributed by atoms with Crippen LogP contribution in [0.3, 0.4) is 0 Å². The van der Waals surface area contributed by atoms with Gasteiger partial charge in [0.1, 0.15) is 5.75 Å². The maximum atomic E-state index is 14.0. The zero-order valence-corrected chi connectivity index (χ0v) is 12.0. The summed E-state index contributed by atoms with van der Waals surface area (Å²) in [6.07, 6.45) is 4.59. The second-order valence-corrected chi connectivity index (χ2v) is 5.44. The van der Waals surface area contributed by atoms with Crippen molar-refractivity contribution in [3.63, 3.8) is 0 Å². The number of Topliss-reactive ketones (excluding diaryl/α,β-unsaturated/α-hetero) is 1. The molecule has 1 aliphatic rings. The number of carbonyl (C=O) groups excluding carboxylic acids is 1. The summed E-state index contributed by atoms with van der Waals surface area (Å²) in [7, 11) is 0. The Labute approximate surface area is 123 Å². The third-order valence-corrected chi connectivity index (χ3v) is 3.89. The first-order valence-corrected chi connectivity index (χ1v) is 7.23. The topological polar surface area (TPSA) is 26.3 Å². The van der Waals surface area contributed by atoms with Crippen molar-refractivity contribution in [1.29, 1.82) is 0 Å². The van der Waals surface area contributed by atoms with E-state index >= 15 is 0 Å². The molecule has 3 rings (SSSR count). The van der Waals surface area contributed by atoms with Crippen LogP contribution in [-0.2, 0) is 12.8 Å². The predicted octanol–water partition coefficient (Wildman–Crippen LogP) is 4.70. The van der Waals surface area contributed by atoms with E-state index in [0.29, 0.717) is 11.3 Å². The van der Waals surface area contributed by atoms with Crippen molar-refractivity contribution in [1.82, 2.24) is 0 Å². The van der Waals surface area contributed by atoms with E-state index in [0.717, 1.165) is 12.8 Å². The number of halogens is 1. The van der Waals surface area contributed by atoms with E-state index in [1.807, 2.05) is 12.1 Å². The van der Waals surface area contributed by atoms with Crippen LogP contribution in [-0.4, -0.2) is 5.78 Å². The minimum atomic E-state index is -0.513. The molecule has 0 aliphatic heterocycles. The van der Waals surface area contributed by atoms with Gasteiger partial charge in [0.2, 0.25) is 0 Å². The van der Waals surface area contributed by atoms with Gasteiger partial charge in [0.25, 0.3) is 0 Å². The number of hydrogen-bond acceptors (Lipinski definition) is 2. The highest BCUT2D eigenvalue weighted by Crippen LogP contribution is 2.29. The summed E-state index contributed by atoms with van der Waals surface area (Å²) in [5.41, 5.74) is 3.01. The molecule has 1 aliphatic carbocycles. The van der Waals surface area contributed by atoms with E-state index < -0.39 is 5.82 Å². The van der Waals surface area contributed by atoms with Crippen LogP contribution in [0.1, 0.15) is 41.3 Å². The van der Waals surface area contributed by atoms with Gasteiger partial charge in [-0.05, 0) is 74.1 Å². The second kappa shape index (κ2) is 5.68. The fourth-order valence-corrected chi connectivity index (χ4v) is 2.70. The van der Waals surface area contributed by atoms with Crippen molar-refractivity contribution in [2.45, 2.75) is 32.6 Å². The summed E-state index contributed by atoms with van der Waals surface area (Å²) >= 11 is 0. The molecule has 2 nitrogen and oxygen atoms in total. The zero-order valence-electron chi connectivity index (χ0n) is 12.0. The van der Waals surface area contributed by atoms with Crippen LogP contribution in [0.2, 0.25) is 0 Å². The molecule has 0 unspecified atom stereocenters. The summed E-state index contributed by atoms with van der Waals surface area (Å²) < 4.78 is 19.6. The van der Waals surface area contributed by atoms with Gasteiger partial charge in [-0.2, -0.15) is 0 Å². The van der Waals surface area contributed by atoms with Crippen molar-refractivity contribution in [2.24, 2.45) is 0 Å². The van der Waals surface area contributed by atoms with Gasteiger partial charge in [-0.3, -0.25) is 4.79 Å². The van der Waals surface area contributed by atoms with Crippen LogP contribution in [0.25, 0.3) is 0 Å². The fourth-order valence-electron chi connectivity index (χ4n) is 2.70. The number of rotatable bonds is 3. The Hall–Kier alpha value is -2.16. The molecule has 0 atom stereocenters. The van der Waals surface area contributed by atoms with Crippen molar-refractivity contribution in [3.05, 3.63) is 58.9 Å². The summed E-state index contributed by atoms with van der Waals surface area (Å²) in [4.78, 5) is 11.2. The normalized spacial score (nSPS) is 13.6. The van der Waals surface area contributed by atoms with Crippen molar-refractivity contribution in [3.8, 4) is 11.5 Å². The van der Waals surface area contributed by atoms with E-state index in [1.54, 1.807) is 6.07 Å². The van der Waals surface area contributed by atoms with Gasteiger partial charge in [-0.15, -0.1) is 0 Å². The first-order chi connectivity index (χ1) is 10.1. The molecule has 0 heterocycles. The Morgan fingerprint density at radius 3 is 2.52 bits per heavy atom. The third kappa shape index (κ3) is 2.97. The standard InChI is InChI=1S/C18H17FO2/c1-12(20)14-7-9-18(17(19)11-14)21-16-8-6-13-4-2-3-5-15(13)10-16/h6-11H,2-5H2,1H3. The maximum Gasteiger partial charge on any atom is 0.166 e. The average Bonchev–Trinajstić information content (AvgIpc) is 2.49. The Kier molecular flexibility index (Phi) is 3.74. The Bertz CT molecular complexity index is 692. The maximum absolute atomic E-state index is 14.0.